The smallest absolute Gasteiger partial charge is 0.250 e. The van der Waals surface area contributed by atoms with Crippen LogP contribution in [0.1, 0.15) is 63.8 Å². The molecule has 5 nitrogen and oxygen atoms in total. The van der Waals surface area contributed by atoms with Crippen LogP contribution in [0.25, 0.3) is 0 Å². The Kier molecular flexibility index (Phi) is 8.64. The van der Waals surface area contributed by atoms with Gasteiger partial charge in [0.15, 0.2) is 0 Å². The molecule has 0 fully saturated rings. The monoisotopic (exact) mass is 390 g/mol. The van der Waals surface area contributed by atoms with Gasteiger partial charge in [0.05, 0.1) is 23.7 Å². The highest BCUT2D eigenvalue weighted by Crippen LogP contribution is 2.35. The molecule has 1 atom stereocenters. The second-order valence-electron chi connectivity index (χ2n) is 6.24. The Labute approximate surface area is 164 Å². The highest BCUT2D eigenvalue weighted by Gasteiger charge is 2.24. The fourth-order valence-corrected chi connectivity index (χ4v) is 3.47. The number of hydrogen-bond donors (Lipinski definition) is 0. The first-order valence-corrected chi connectivity index (χ1v) is 10.3. The van der Waals surface area contributed by atoms with E-state index in [1.807, 2.05) is 26.1 Å². The Morgan fingerprint density at radius 1 is 1.44 bits per heavy atom. The Morgan fingerprint density at radius 2 is 2.26 bits per heavy atom. The number of allylic oxidation sites excluding steroid dienone is 1. The number of alkyl halides is 1. The van der Waals surface area contributed by atoms with E-state index in [0.29, 0.717) is 36.4 Å². The van der Waals surface area contributed by atoms with E-state index >= 15 is 0 Å². The second kappa shape index (κ2) is 11.0. The van der Waals surface area contributed by atoms with E-state index < -0.39 is 6.17 Å². The zero-order valence-electron chi connectivity index (χ0n) is 16.2. The van der Waals surface area contributed by atoms with Crippen LogP contribution < -0.4 is 5.01 Å². The van der Waals surface area contributed by atoms with E-state index in [1.54, 1.807) is 18.2 Å². The Bertz CT molecular complexity index is 733. The quantitative estimate of drug-likeness (QED) is 0.393. The summed E-state index contributed by atoms with van der Waals surface area (Å²) in [6, 6.07) is 5.36. The van der Waals surface area contributed by atoms with Gasteiger partial charge in [0.2, 0.25) is 0 Å². The average molecular weight is 391 g/mol. The lowest BCUT2D eigenvalue weighted by atomic mass is 10.0. The van der Waals surface area contributed by atoms with Crippen LogP contribution in [-0.4, -0.2) is 17.5 Å². The molecule has 146 valence electrons. The molecule has 1 heterocycles. The molecule has 0 spiro atoms. The highest BCUT2D eigenvalue weighted by atomic mass is 32.2. The molecule has 0 bridgehead atoms. The topological polar surface area (TPSA) is 57.4 Å². The number of aliphatic imine (C=N–C) groups is 1. The second-order valence-corrected chi connectivity index (χ2v) is 7.41. The van der Waals surface area contributed by atoms with Gasteiger partial charge in [-0.15, -0.1) is 11.8 Å². The van der Waals surface area contributed by atoms with Gasteiger partial charge < -0.3 is 0 Å². The number of anilines is 1. The number of carbonyl (C=O) groups excluding carboxylic acids is 1. The van der Waals surface area contributed by atoms with Crippen molar-refractivity contribution in [2.24, 2.45) is 15.3 Å². The van der Waals surface area contributed by atoms with Gasteiger partial charge in [0.1, 0.15) is 6.17 Å². The number of thioether (sulfide) groups is 1. The molecule has 1 aliphatic heterocycles. The fraction of sp³-hybridized carbons (Fsp3) is 0.500. The zero-order valence-corrected chi connectivity index (χ0v) is 17.0. The van der Waals surface area contributed by atoms with Gasteiger partial charge in [-0.05, 0) is 37.0 Å². The zero-order chi connectivity index (χ0) is 19.6. The third kappa shape index (κ3) is 5.99. The molecule has 1 aromatic carbocycles. The number of rotatable bonds is 8. The summed E-state index contributed by atoms with van der Waals surface area (Å²) >= 11 is 1.53. The first-order valence-electron chi connectivity index (χ1n) is 9.36. The number of carbonyl (C=O) groups is 1. The third-order valence-corrected chi connectivity index (χ3v) is 5.12. The minimum Gasteiger partial charge on any atom is -0.272 e. The normalized spacial score (nSPS) is 16.4. The Balaban J connectivity index is 2.29. The van der Waals surface area contributed by atoms with Gasteiger partial charge >= 0.3 is 0 Å². The molecule has 0 aliphatic carbocycles. The van der Waals surface area contributed by atoms with Crippen LogP contribution in [0, 0.1) is 0 Å². The molecule has 7 heteroatoms. The summed E-state index contributed by atoms with van der Waals surface area (Å²) < 4.78 is 14.6. The summed E-state index contributed by atoms with van der Waals surface area (Å²) in [6.45, 7) is 6.26. The number of benzene rings is 1. The third-order valence-electron chi connectivity index (χ3n) is 4.17. The summed E-state index contributed by atoms with van der Waals surface area (Å²) in [5.74, 6) is 0.399. The van der Waals surface area contributed by atoms with Crippen LogP contribution in [0.15, 0.2) is 45.8 Å². The van der Waals surface area contributed by atoms with Crippen molar-refractivity contribution < 1.29 is 9.18 Å². The summed E-state index contributed by atoms with van der Waals surface area (Å²) in [5.41, 5.74) is 1.99. The predicted molar refractivity (Wildman–Crippen MR) is 111 cm³/mol. The predicted octanol–water partition coefficient (Wildman–Crippen LogP) is 6.18. The highest BCUT2D eigenvalue weighted by molar-refractivity contribution is 8.13. The van der Waals surface area contributed by atoms with Crippen LogP contribution >= 0.6 is 11.8 Å². The van der Waals surface area contributed by atoms with E-state index in [9.17, 15) is 9.18 Å². The maximum atomic E-state index is 14.6. The van der Waals surface area contributed by atoms with Gasteiger partial charge in [-0.1, -0.05) is 43.7 Å². The summed E-state index contributed by atoms with van der Waals surface area (Å²) in [6.07, 6.45) is 5.53. The molecular formula is C20H27FN4OS. The molecule has 0 saturated carbocycles. The lowest BCUT2D eigenvalue weighted by Gasteiger charge is -2.24. The standard InChI is InChI=1S/C20H27FN4OS/c1-4-6-7-12-22-15(3)27-14-17-16(18(21)5-2)9-8-10-19(17)25-20(26)11-13-23-24-25/h7-10,12,18H,4-6,11,13-14H2,1-3H3/b12-7-,22-15?. The number of halogens is 1. The molecule has 1 amide bonds. The SMILES string of the molecule is CCC/C=C\N=C(C)SCc1c(C(F)CC)cccc1N1N=NCCC1=O. The lowest BCUT2D eigenvalue weighted by molar-refractivity contribution is -0.119. The van der Waals surface area contributed by atoms with Crippen LogP contribution in [0.3, 0.4) is 0 Å². The molecule has 0 N–H and O–H groups in total. The fourth-order valence-electron chi connectivity index (χ4n) is 2.67. The van der Waals surface area contributed by atoms with Crippen molar-refractivity contribution in [2.75, 3.05) is 11.6 Å². The van der Waals surface area contributed by atoms with Crippen LogP contribution in [0.5, 0.6) is 0 Å². The lowest BCUT2D eigenvalue weighted by Crippen LogP contribution is -2.29. The summed E-state index contributed by atoms with van der Waals surface area (Å²) in [5, 5.41) is 10.2. The molecular weight excluding hydrogens is 363 g/mol. The number of unbranched alkanes of at least 4 members (excludes halogenated alkanes) is 1. The molecule has 2 rings (SSSR count). The summed E-state index contributed by atoms with van der Waals surface area (Å²) in [4.78, 5) is 16.7. The molecule has 27 heavy (non-hydrogen) atoms. The Hall–Kier alpha value is -2.02. The summed E-state index contributed by atoms with van der Waals surface area (Å²) in [7, 11) is 0. The van der Waals surface area contributed by atoms with Gasteiger partial charge in [0, 0.05) is 12.0 Å². The van der Waals surface area contributed by atoms with Gasteiger partial charge in [-0.2, -0.15) is 10.1 Å². The minimum atomic E-state index is -1.08. The number of nitrogens with zero attached hydrogens (tertiary/aromatic N) is 4. The van der Waals surface area contributed by atoms with Gasteiger partial charge in [0.25, 0.3) is 5.91 Å². The molecule has 0 saturated heterocycles. The number of hydrogen-bond acceptors (Lipinski definition) is 5. The maximum Gasteiger partial charge on any atom is 0.250 e. The first kappa shape index (κ1) is 21.3. The first-order chi connectivity index (χ1) is 13.1. The van der Waals surface area contributed by atoms with Crippen molar-refractivity contribution in [3.8, 4) is 0 Å². The van der Waals surface area contributed by atoms with E-state index in [2.05, 4.69) is 22.3 Å². The average Bonchev–Trinajstić information content (AvgIpc) is 2.69. The largest absolute Gasteiger partial charge is 0.272 e. The molecule has 1 unspecified atom stereocenters. The van der Waals surface area contributed by atoms with Gasteiger partial charge in [-0.3, -0.25) is 9.79 Å². The van der Waals surface area contributed by atoms with Crippen LogP contribution in [0.2, 0.25) is 0 Å². The van der Waals surface area contributed by atoms with E-state index in [1.165, 1.54) is 16.8 Å². The van der Waals surface area contributed by atoms with Crippen molar-refractivity contribution in [1.82, 2.24) is 0 Å². The minimum absolute atomic E-state index is 0.117. The Morgan fingerprint density at radius 3 is 2.96 bits per heavy atom. The van der Waals surface area contributed by atoms with E-state index in [4.69, 9.17) is 0 Å². The van der Waals surface area contributed by atoms with Crippen LogP contribution in [0.4, 0.5) is 10.1 Å². The van der Waals surface area contributed by atoms with Crippen molar-refractivity contribution in [1.29, 1.82) is 0 Å². The van der Waals surface area contributed by atoms with Crippen LogP contribution in [-0.2, 0) is 10.5 Å². The van der Waals surface area contributed by atoms with E-state index in [-0.39, 0.29) is 5.91 Å². The van der Waals surface area contributed by atoms with Gasteiger partial charge in [-0.25, -0.2) is 4.39 Å². The van der Waals surface area contributed by atoms with Crippen molar-refractivity contribution in [3.05, 3.63) is 41.6 Å². The maximum absolute atomic E-state index is 14.6. The van der Waals surface area contributed by atoms with Crippen molar-refractivity contribution >= 4 is 28.4 Å². The molecule has 0 radical (unpaired) electrons. The van der Waals surface area contributed by atoms with E-state index in [0.717, 1.165) is 23.4 Å². The molecule has 1 aromatic rings. The van der Waals surface area contributed by atoms with Crippen molar-refractivity contribution in [2.45, 2.75) is 58.4 Å². The number of amides is 1. The molecule has 1 aliphatic rings. The van der Waals surface area contributed by atoms with Crippen molar-refractivity contribution in [3.63, 3.8) is 0 Å². The molecule has 0 aromatic heterocycles.